The molecular weight excluding hydrogens is 370 g/mol. The molecule has 0 unspecified atom stereocenters. The van der Waals surface area contributed by atoms with Crippen LogP contribution >= 0.6 is 11.8 Å². The van der Waals surface area contributed by atoms with Crippen LogP contribution in [0.1, 0.15) is 23.9 Å². The van der Waals surface area contributed by atoms with Crippen LogP contribution in [0, 0.1) is 13.8 Å². The third-order valence-electron chi connectivity index (χ3n) is 4.16. The van der Waals surface area contributed by atoms with E-state index in [4.69, 9.17) is 4.74 Å². The first-order valence-corrected chi connectivity index (χ1v) is 10.1. The highest BCUT2D eigenvalue weighted by molar-refractivity contribution is 7.98. The molecule has 0 aliphatic rings. The molecule has 0 amide bonds. The Morgan fingerprint density at radius 2 is 1.61 bits per heavy atom. The van der Waals surface area contributed by atoms with Gasteiger partial charge in [-0.3, -0.25) is 0 Å². The number of ether oxygens (including phenoxy) is 1. The Kier molecular flexibility index (Phi) is 5.25. The number of thioether (sulfide) groups is 1. The van der Waals surface area contributed by atoms with Crippen molar-refractivity contribution in [1.82, 2.24) is 25.0 Å². The van der Waals surface area contributed by atoms with Gasteiger partial charge in [-0.15, -0.1) is 15.0 Å². The minimum atomic E-state index is 0.582. The molecule has 0 aliphatic heterocycles. The summed E-state index contributed by atoms with van der Waals surface area (Å²) in [6, 6.07) is 15.9. The molecule has 4 aromatic rings. The lowest BCUT2D eigenvalue weighted by molar-refractivity contribution is 0.337. The topological polar surface area (TPSA) is 65.7 Å². The SMILES string of the molecule is CCOc1ccc(CSc2nc(C)cc(C)n2)cc1-n1nc2ccccc2n1. The van der Waals surface area contributed by atoms with Crippen molar-refractivity contribution in [1.29, 1.82) is 0 Å². The molecule has 0 N–H and O–H groups in total. The smallest absolute Gasteiger partial charge is 0.188 e. The lowest BCUT2D eigenvalue weighted by Gasteiger charge is -2.11. The first kappa shape index (κ1) is 18.4. The fourth-order valence-corrected chi connectivity index (χ4v) is 3.85. The minimum absolute atomic E-state index is 0.582. The van der Waals surface area contributed by atoms with Gasteiger partial charge in [-0.1, -0.05) is 30.0 Å². The maximum atomic E-state index is 5.80. The van der Waals surface area contributed by atoms with Gasteiger partial charge < -0.3 is 4.74 Å². The third kappa shape index (κ3) is 3.99. The van der Waals surface area contributed by atoms with Gasteiger partial charge in [0.2, 0.25) is 0 Å². The zero-order valence-electron chi connectivity index (χ0n) is 16.1. The molecule has 0 bridgehead atoms. The molecule has 2 heterocycles. The monoisotopic (exact) mass is 391 g/mol. The van der Waals surface area contributed by atoms with Crippen molar-refractivity contribution in [3.05, 3.63) is 65.5 Å². The summed E-state index contributed by atoms with van der Waals surface area (Å²) in [6.07, 6.45) is 0. The van der Waals surface area contributed by atoms with E-state index in [1.807, 2.05) is 57.2 Å². The van der Waals surface area contributed by atoms with Crippen LogP contribution in [0.15, 0.2) is 53.7 Å². The summed E-state index contributed by atoms with van der Waals surface area (Å²) in [5.74, 6) is 1.52. The van der Waals surface area contributed by atoms with E-state index in [0.717, 1.165) is 50.3 Å². The molecule has 142 valence electrons. The molecule has 2 aromatic carbocycles. The van der Waals surface area contributed by atoms with Crippen molar-refractivity contribution < 1.29 is 4.74 Å². The number of aryl methyl sites for hydroxylation is 2. The fourth-order valence-electron chi connectivity index (χ4n) is 2.96. The van der Waals surface area contributed by atoms with E-state index in [0.29, 0.717) is 6.61 Å². The van der Waals surface area contributed by atoms with Crippen LogP contribution in [-0.4, -0.2) is 31.6 Å². The number of rotatable bonds is 6. The third-order valence-corrected chi connectivity index (χ3v) is 5.07. The van der Waals surface area contributed by atoms with Crippen molar-refractivity contribution in [2.24, 2.45) is 0 Å². The van der Waals surface area contributed by atoms with E-state index < -0.39 is 0 Å². The number of hydrogen-bond acceptors (Lipinski definition) is 6. The number of hydrogen-bond donors (Lipinski definition) is 0. The summed E-state index contributed by atoms with van der Waals surface area (Å²) in [6.45, 7) is 6.53. The second-order valence-corrected chi connectivity index (χ2v) is 7.38. The lowest BCUT2D eigenvalue weighted by atomic mass is 10.2. The van der Waals surface area contributed by atoms with Gasteiger partial charge >= 0.3 is 0 Å². The van der Waals surface area contributed by atoms with Gasteiger partial charge in [0.15, 0.2) is 5.16 Å². The van der Waals surface area contributed by atoms with Crippen molar-refractivity contribution >= 4 is 22.8 Å². The summed E-state index contributed by atoms with van der Waals surface area (Å²) in [7, 11) is 0. The van der Waals surface area contributed by atoms with E-state index in [-0.39, 0.29) is 0 Å². The Morgan fingerprint density at radius 3 is 2.25 bits per heavy atom. The molecule has 0 atom stereocenters. The molecule has 4 rings (SSSR count). The Morgan fingerprint density at radius 1 is 0.929 bits per heavy atom. The zero-order chi connectivity index (χ0) is 19.5. The van der Waals surface area contributed by atoms with Crippen molar-refractivity contribution in [2.75, 3.05) is 6.61 Å². The highest BCUT2D eigenvalue weighted by Crippen LogP contribution is 2.28. The van der Waals surface area contributed by atoms with E-state index in [2.05, 4.69) is 32.3 Å². The van der Waals surface area contributed by atoms with Gasteiger partial charge in [0.1, 0.15) is 22.5 Å². The predicted molar refractivity (Wildman–Crippen MR) is 111 cm³/mol. The zero-order valence-corrected chi connectivity index (χ0v) is 16.9. The van der Waals surface area contributed by atoms with Crippen LogP contribution in [0.3, 0.4) is 0 Å². The molecule has 6 nitrogen and oxygen atoms in total. The first-order valence-electron chi connectivity index (χ1n) is 9.15. The van der Waals surface area contributed by atoms with E-state index in [1.165, 1.54) is 0 Å². The van der Waals surface area contributed by atoms with Crippen LogP contribution < -0.4 is 4.74 Å². The number of fused-ring (bicyclic) bond motifs is 1. The number of aromatic nitrogens is 5. The Balaban J connectivity index is 1.65. The number of benzene rings is 2. The van der Waals surface area contributed by atoms with Crippen molar-refractivity contribution in [2.45, 2.75) is 31.7 Å². The standard InChI is InChI=1S/C21H21N5OS/c1-4-27-20-10-9-16(13-28-21-22-14(2)11-15(3)23-21)12-19(20)26-24-17-7-5-6-8-18(17)25-26/h5-12H,4,13H2,1-3H3. The predicted octanol–water partition coefficient (Wildman–Crippen LogP) is 4.52. The minimum Gasteiger partial charge on any atom is -0.492 e. The Bertz CT molecular complexity index is 1070. The quantitative estimate of drug-likeness (QED) is 0.356. The molecule has 0 aliphatic carbocycles. The summed E-state index contributed by atoms with van der Waals surface area (Å²) in [5.41, 5.74) is 5.64. The lowest BCUT2D eigenvalue weighted by Crippen LogP contribution is -2.04. The van der Waals surface area contributed by atoms with Crippen LogP contribution in [0.2, 0.25) is 0 Å². The second kappa shape index (κ2) is 7.98. The highest BCUT2D eigenvalue weighted by Gasteiger charge is 2.12. The molecule has 7 heteroatoms. The van der Waals surface area contributed by atoms with Gasteiger partial charge in [0, 0.05) is 17.1 Å². The van der Waals surface area contributed by atoms with Gasteiger partial charge in [-0.25, -0.2) is 9.97 Å². The largest absolute Gasteiger partial charge is 0.492 e. The number of nitrogens with zero attached hydrogens (tertiary/aromatic N) is 5. The van der Waals surface area contributed by atoms with Crippen LogP contribution in [-0.2, 0) is 5.75 Å². The maximum Gasteiger partial charge on any atom is 0.188 e. The Labute approximate surface area is 168 Å². The average molecular weight is 392 g/mol. The van der Waals surface area contributed by atoms with E-state index in [1.54, 1.807) is 16.6 Å². The Hall–Kier alpha value is -2.93. The molecule has 28 heavy (non-hydrogen) atoms. The maximum absolute atomic E-state index is 5.80. The molecule has 0 radical (unpaired) electrons. The summed E-state index contributed by atoms with van der Waals surface area (Å²) >= 11 is 1.62. The molecular formula is C21H21N5OS. The first-order chi connectivity index (χ1) is 13.6. The normalized spacial score (nSPS) is 11.1. The summed E-state index contributed by atoms with van der Waals surface area (Å²) in [4.78, 5) is 10.7. The fraction of sp³-hybridized carbons (Fsp3) is 0.238. The van der Waals surface area contributed by atoms with Gasteiger partial charge in [0.25, 0.3) is 0 Å². The van der Waals surface area contributed by atoms with Gasteiger partial charge in [0.05, 0.1) is 6.61 Å². The molecule has 0 fully saturated rings. The summed E-state index contributed by atoms with van der Waals surface area (Å²) in [5, 5.41) is 9.99. The van der Waals surface area contributed by atoms with Crippen LogP contribution in [0.4, 0.5) is 0 Å². The van der Waals surface area contributed by atoms with Gasteiger partial charge in [-0.05, 0) is 56.7 Å². The highest BCUT2D eigenvalue weighted by atomic mass is 32.2. The van der Waals surface area contributed by atoms with Crippen molar-refractivity contribution in [3.63, 3.8) is 0 Å². The van der Waals surface area contributed by atoms with E-state index >= 15 is 0 Å². The van der Waals surface area contributed by atoms with Crippen LogP contribution in [0.5, 0.6) is 5.75 Å². The molecule has 0 saturated heterocycles. The van der Waals surface area contributed by atoms with E-state index in [9.17, 15) is 0 Å². The second-order valence-electron chi connectivity index (χ2n) is 6.44. The molecule has 0 spiro atoms. The molecule has 2 aromatic heterocycles. The van der Waals surface area contributed by atoms with Gasteiger partial charge in [-0.2, -0.15) is 0 Å². The van der Waals surface area contributed by atoms with Crippen molar-refractivity contribution in [3.8, 4) is 11.4 Å². The molecule has 0 saturated carbocycles. The summed E-state index contributed by atoms with van der Waals surface area (Å²) < 4.78 is 5.80. The average Bonchev–Trinajstić information content (AvgIpc) is 3.11. The van der Waals surface area contributed by atoms with Crippen LogP contribution in [0.25, 0.3) is 16.7 Å².